The summed E-state index contributed by atoms with van der Waals surface area (Å²) in [6.07, 6.45) is 0. The van der Waals surface area contributed by atoms with Crippen molar-refractivity contribution in [3.05, 3.63) is 35.4 Å². The van der Waals surface area contributed by atoms with E-state index >= 15 is 0 Å². The number of hydrogen-bond acceptors (Lipinski definition) is 2. The van der Waals surface area contributed by atoms with E-state index in [1.54, 1.807) is 0 Å². The van der Waals surface area contributed by atoms with Crippen LogP contribution in [0.4, 0.5) is 8.78 Å². The quantitative estimate of drug-likeness (QED) is 0.778. The predicted octanol–water partition coefficient (Wildman–Crippen LogP) is 3.30. The Morgan fingerprint density at radius 3 is 2.47 bits per heavy atom. The van der Waals surface area contributed by atoms with Gasteiger partial charge in [-0.1, -0.05) is 6.07 Å². The van der Waals surface area contributed by atoms with Gasteiger partial charge in [-0.15, -0.1) is 0 Å². The second kappa shape index (κ2) is 4.90. The van der Waals surface area contributed by atoms with E-state index in [1.165, 1.54) is 12.1 Å². The third kappa shape index (κ3) is 2.76. The van der Waals surface area contributed by atoms with E-state index in [0.29, 0.717) is 18.7 Å². The summed E-state index contributed by atoms with van der Waals surface area (Å²) in [6.45, 7) is 7.48. The van der Waals surface area contributed by atoms with Gasteiger partial charge in [0, 0.05) is 30.6 Å². The third-order valence-corrected chi connectivity index (χ3v) is 3.80. The molecule has 1 aromatic carbocycles. The molecule has 0 amide bonds. The van der Waals surface area contributed by atoms with Crippen LogP contribution in [0.25, 0.3) is 0 Å². The largest absolute Gasteiger partial charge is 0.297 e. The number of hydrogen-bond donors (Lipinski definition) is 0. The van der Waals surface area contributed by atoms with Crippen LogP contribution in [-0.4, -0.2) is 23.5 Å². The number of likely N-dealkylation sites (tertiary alicyclic amines) is 1. The van der Waals surface area contributed by atoms with Crippen LogP contribution in [0.15, 0.2) is 18.2 Å². The summed E-state index contributed by atoms with van der Waals surface area (Å²) in [4.78, 5) is 2.17. The molecule has 102 valence electrons. The van der Waals surface area contributed by atoms with Gasteiger partial charge in [0.1, 0.15) is 11.6 Å². The van der Waals surface area contributed by atoms with E-state index in [9.17, 15) is 14.0 Å². The maximum Gasteiger partial charge on any atom is 0.129 e. The smallest absolute Gasteiger partial charge is 0.129 e. The van der Waals surface area contributed by atoms with Crippen molar-refractivity contribution < 1.29 is 8.78 Å². The predicted molar refractivity (Wildman–Crippen MR) is 69.5 cm³/mol. The molecule has 0 bridgehead atoms. The minimum atomic E-state index is -0.583. The van der Waals surface area contributed by atoms with Gasteiger partial charge < -0.3 is 0 Å². The minimum Gasteiger partial charge on any atom is -0.297 e. The van der Waals surface area contributed by atoms with Crippen LogP contribution in [-0.2, 0) is 0 Å². The number of rotatable bonds is 1. The first-order valence-corrected chi connectivity index (χ1v) is 6.42. The van der Waals surface area contributed by atoms with Crippen LogP contribution in [0.3, 0.4) is 0 Å². The molecule has 4 heteroatoms. The van der Waals surface area contributed by atoms with Gasteiger partial charge in [0.05, 0.1) is 12.0 Å². The first-order chi connectivity index (χ1) is 8.82. The minimum absolute atomic E-state index is 0.0552. The van der Waals surface area contributed by atoms with Gasteiger partial charge in [-0.25, -0.2) is 8.78 Å². The fraction of sp³-hybridized carbons (Fsp3) is 0.533. The van der Waals surface area contributed by atoms with E-state index in [4.69, 9.17) is 0 Å². The molecule has 0 N–H and O–H groups in total. The lowest BCUT2D eigenvalue weighted by Crippen LogP contribution is -2.39. The van der Waals surface area contributed by atoms with Gasteiger partial charge in [-0.2, -0.15) is 5.26 Å². The van der Waals surface area contributed by atoms with Crippen molar-refractivity contribution in [1.29, 1.82) is 5.26 Å². The summed E-state index contributed by atoms with van der Waals surface area (Å²) in [7, 11) is 0. The molecule has 1 aliphatic rings. The molecular weight excluding hydrogens is 246 g/mol. The Labute approximate surface area is 112 Å². The molecule has 1 aromatic rings. The van der Waals surface area contributed by atoms with Gasteiger partial charge in [0.2, 0.25) is 0 Å². The average Bonchev–Trinajstić information content (AvgIpc) is 2.72. The SMILES string of the molecule is CC(C)(C)N1C[C@@H](C#N)[C@@H](c2ccc(F)cc2F)C1. The van der Waals surface area contributed by atoms with Crippen LogP contribution in [0.5, 0.6) is 0 Å². The van der Waals surface area contributed by atoms with Crippen LogP contribution < -0.4 is 0 Å². The fourth-order valence-corrected chi connectivity index (χ4v) is 2.60. The number of halogens is 2. The topological polar surface area (TPSA) is 27.0 Å². The van der Waals surface area contributed by atoms with E-state index in [0.717, 1.165) is 6.07 Å². The maximum atomic E-state index is 13.9. The Morgan fingerprint density at radius 2 is 1.95 bits per heavy atom. The highest BCUT2D eigenvalue weighted by atomic mass is 19.1. The van der Waals surface area contributed by atoms with Gasteiger partial charge in [0.25, 0.3) is 0 Å². The van der Waals surface area contributed by atoms with Crippen molar-refractivity contribution in [3.63, 3.8) is 0 Å². The molecule has 1 fully saturated rings. The maximum absolute atomic E-state index is 13.9. The van der Waals surface area contributed by atoms with Crippen molar-refractivity contribution in [2.75, 3.05) is 13.1 Å². The Balaban J connectivity index is 2.31. The molecule has 19 heavy (non-hydrogen) atoms. The van der Waals surface area contributed by atoms with Crippen LogP contribution in [0, 0.1) is 28.9 Å². The van der Waals surface area contributed by atoms with Gasteiger partial charge in [-0.3, -0.25) is 4.90 Å². The van der Waals surface area contributed by atoms with Gasteiger partial charge >= 0.3 is 0 Å². The molecule has 0 unspecified atom stereocenters. The Morgan fingerprint density at radius 1 is 1.26 bits per heavy atom. The fourth-order valence-electron chi connectivity index (χ4n) is 2.60. The first-order valence-electron chi connectivity index (χ1n) is 6.42. The molecule has 2 rings (SSSR count). The van der Waals surface area contributed by atoms with Gasteiger partial charge in [0.15, 0.2) is 0 Å². The number of nitrogens with zero attached hydrogens (tertiary/aromatic N) is 2. The molecular formula is C15H18F2N2. The summed E-state index contributed by atoms with van der Waals surface area (Å²) in [6, 6.07) is 5.87. The van der Waals surface area contributed by atoms with Gasteiger partial charge in [-0.05, 0) is 32.4 Å². The summed E-state index contributed by atoms with van der Waals surface area (Å²) in [5, 5.41) is 9.25. The first kappa shape index (κ1) is 14.0. The van der Waals surface area contributed by atoms with Crippen molar-refractivity contribution in [1.82, 2.24) is 4.90 Å². The van der Waals surface area contributed by atoms with Crippen molar-refractivity contribution in [3.8, 4) is 6.07 Å². The van der Waals surface area contributed by atoms with Crippen LogP contribution in [0.2, 0.25) is 0 Å². The molecule has 1 aliphatic heterocycles. The summed E-state index contributed by atoms with van der Waals surface area (Å²) in [5.74, 6) is -1.58. The Hall–Kier alpha value is -1.47. The highest BCUT2D eigenvalue weighted by molar-refractivity contribution is 5.27. The molecule has 1 heterocycles. The molecule has 2 atom stereocenters. The summed E-state index contributed by atoms with van der Waals surface area (Å²) < 4.78 is 26.8. The van der Waals surface area contributed by atoms with Crippen molar-refractivity contribution >= 4 is 0 Å². The zero-order chi connectivity index (χ0) is 14.2. The normalized spacial score (nSPS) is 24.4. The third-order valence-electron chi connectivity index (χ3n) is 3.80. The second-order valence-corrected chi connectivity index (χ2v) is 6.08. The molecule has 0 radical (unpaired) electrons. The lowest BCUT2D eigenvalue weighted by molar-refractivity contribution is 0.170. The van der Waals surface area contributed by atoms with Crippen molar-refractivity contribution in [2.24, 2.45) is 5.92 Å². The Kier molecular flexibility index (Phi) is 3.60. The van der Waals surface area contributed by atoms with Crippen molar-refractivity contribution in [2.45, 2.75) is 32.2 Å². The second-order valence-electron chi connectivity index (χ2n) is 6.08. The molecule has 2 nitrogen and oxygen atoms in total. The highest BCUT2D eigenvalue weighted by Crippen LogP contribution is 2.36. The number of nitriles is 1. The molecule has 0 saturated carbocycles. The summed E-state index contributed by atoms with van der Waals surface area (Å²) in [5.41, 5.74) is 0.389. The molecule has 0 aromatic heterocycles. The lowest BCUT2D eigenvalue weighted by Gasteiger charge is -2.31. The zero-order valence-electron chi connectivity index (χ0n) is 11.5. The molecule has 0 aliphatic carbocycles. The van der Waals surface area contributed by atoms with Crippen LogP contribution in [0.1, 0.15) is 32.3 Å². The average molecular weight is 264 g/mol. The zero-order valence-corrected chi connectivity index (χ0v) is 11.5. The lowest BCUT2D eigenvalue weighted by atomic mass is 9.89. The Bertz CT molecular complexity index is 514. The standard InChI is InChI=1S/C15H18F2N2/c1-15(2,3)19-8-10(7-18)13(9-19)12-5-4-11(16)6-14(12)17/h4-6,10,13H,8-9H2,1-3H3/t10-,13+/m1/s1. The summed E-state index contributed by atoms with van der Waals surface area (Å²) >= 11 is 0. The highest BCUT2D eigenvalue weighted by Gasteiger charge is 2.39. The van der Waals surface area contributed by atoms with E-state index in [-0.39, 0.29) is 17.4 Å². The van der Waals surface area contributed by atoms with E-state index < -0.39 is 11.6 Å². The molecule has 0 spiro atoms. The number of benzene rings is 1. The van der Waals surface area contributed by atoms with Crippen LogP contribution >= 0.6 is 0 Å². The van der Waals surface area contributed by atoms with E-state index in [2.05, 4.69) is 31.7 Å². The monoisotopic (exact) mass is 264 g/mol. The van der Waals surface area contributed by atoms with E-state index in [1.807, 2.05) is 0 Å². The molecule has 1 saturated heterocycles.